The van der Waals surface area contributed by atoms with E-state index in [4.69, 9.17) is 22.2 Å². The van der Waals surface area contributed by atoms with Crippen molar-refractivity contribution in [3.05, 3.63) is 10.4 Å². The number of carboxylic acids is 1. The first kappa shape index (κ1) is 18.9. The summed E-state index contributed by atoms with van der Waals surface area (Å²) in [6.07, 6.45) is -5.09. The molecule has 0 aromatic heterocycles. The van der Waals surface area contributed by atoms with Crippen LogP contribution < -0.4 is 0 Å². The van der Waals surface area contributed by atoms with E-state index in [2.05, 4.69) is 10.0 Å². The van der Waals surface area contributed by atoms with Crippen LogP contribution in [-0.2, 0) is 4.79 Å². The quantitative estimate of drug-likeness (QED) is 0.309. The predicted molar refractivity (Wildman–Crippen MR) is 68.5 cm³/mol. The molecule has 0 aromatic carbocycles. The largest absolute Gasteiger partial charge is 0.481 e. The molecule has 2 unspecified atom stereocenters. The Bertz CT molecular complexity index is 382. The molecule has 2 atom stereocenters. The van der Waals surface area contributed by atoms with Crippen molar-refractivity contribution in [1.29, 1.82) is 0 Å². The second-order valence-corrected chi connectivity index (χ2v) is 5.63. The fourth-order valence-electron chi connectivity index (χ4n) is 1.57. The average molecular weight is 316 g/mol. The van der Waals surface area contributed by atoms with Gasteiger partial charge >= 0.3 is 12.1 Å². The Hall–Kier alpha value is -1.14. The van der Waals surface area contributed by atoms with Crippen LogP contribution in [0.15, 0.2) is 5.11 Å². The van der Waals surface area contributed by atoms with Crippen molar-refractivity contribution in [2.45, 2.75) is 57.1 Å². The van der Waals surface area contributed by atoms with Crippen LogP contribution in [0.2, 0.25) is 0 Å². The fraction of sp³-hybridized carbons (Fsp3) is 0.909. The SMILES string of the molecule is CC(C)(C(=O)O)C(Cl)CCCC(CC(F)(F)F)N=[N+]=[N-]. The van der Waals surface area contributed by atoms with Crippen LogP contribution >= 0.6 is 11.6 Å². The number of rotatable bonds is 8. The lowest BCUT2D eigenvalue weighted by Gasteiger charge is -2.25. The Morgan fingerprint density at radius 2 is 1.95 bits per heavy atom. The minimum atomic E-state index is -4.40. The maximum absolute atomic E-state index is 12.2. The van der Waals surface area contributed by atoms with Gasteiger partial charge < -0.3 is 5.11 Å². The summed E-state index contributed by atoms with van der Waals surface area (Å²) in [6, 6.07) is -1.18. The first-order valence-electron chi connectivity index (χ1n) is 5.99. The molecule has 0 aliphatic carbocycles. The van der Waals surface area contributed by atoms with Crippen LogP contribution in [0, 0.1) is 5.41 Å². The van der Waals surface area contributed by atoms with Gasteiger partial charge in [0.1, 0.15) is 0 Å². The topological polar surface area (TPSA) is 86.1 Å². The second kappa shape index (κ2) is 7.59. The number of carbonyl (C=O) groups is 1. The lowest BCUT2D eigenvalue weighted by molar-refractivity contribution is -0.147. The zero-order valence-electron chi connectivity index (χ0n) is 11.2. The molecule has 0 radical (unpaired) electrons. The number of azide groups is 1. The first-order valence-corrected chi connectivity index (χ1v) is 6.42. The smallest absolute Gasteiger partial charge is 0.389 e. The van der Waals surface area contributed by atoms with Crippen molar-refractivity contribution in [3.63, 3.8) is 0 Å². The summed E-state index contributed by atoms with van der Waals surface area (Å²) < 4.78 is 36.7. The summed E-state index contributed by atoms with van der Waals surface area (Å²) in [5.74, 6) is -1.07. The van der Waals surface area contributed by atoms with Gasteiger partial charge in [0.15, 0.2) is 0 Å². The van der Waals surface area contributed by atoms with Crippen molar-refractivity contribution >= 4 is 17.6 Å². The molecule has 20 heavy (non-hydrogen) atoms. The summed E-state index contributed by atoms with van der Waals surface area (Å²) in [5, 5.41) is 11.4. The lowest BCUT2D eigenvalue weighted by Crippen LogP contribution is -2.33. The number of aliphatic carboxylic acids is 1. The normalized spacial score (nSPS) is 15.3. The van der Waals surface area contributed by atoms with Gasteiger partial charge in [0.25, 0.3) is 0 Å². The number of halogens is 4. The van der Waals surface area contributed by atoms with E-state index in [9.17, 15) is 18.0 Å². The third kappa shape index (κ3) is 6.86. The molecule has 0 spiro atoms. The predicted octanol–water partition coefficient (Wildman–Crippen LogP) is 4.51. The molecular weight excluding hydrogens is 299 g/mol. The van der Waals surface area contributed by atoms with Crippen molar-refractivity contribution < 1.29 is 23.1 Å². The fourth-order valence-corrected chi connectivity index (χ4v) is 1.82. The van der Waals surface area contributed by atoms with Crippen molar-refractivity contribution in [1.82, 2.24) is 0 Å². The monoisotopic (exact) mass is 315 g/mol. The highest BCUT2D eigenvalue weighted by atomic mass is 35.5. The molecule has 5 nitrogen and oxygen atoms in total. The zero-order valence-corrected chi connectivity index (χ0v) is 11.9. The van der Waals surface area contributed by atoms with E-state index in [1.165, 1.54) is 13.8 Å². The Balaban J connectivity index is 4.38. The van der Waals surface area contributed by atoms with E-state index in [1.54, 1.807) is 0 Å². The van der Waals surface area contributed by atoms with Gasteiger partial charge in [0.05, 0.1) is 11.8 Å². The molecular formula is C11H17ClF3N3O2. The summed E-state index contributed by atoms with van der Waals surface area (Å²) in [5.41, 5.74) is 7.06. The highest BCUT2D eigenvalue weighted by Gasteiger charge is 2.36. The molecule has 0 aliphatic rings. The maximum atomic E-state index is 12.2. The summed E-state index contributed by atoms with van der Waals surface area (Å²) in [6.45, 7) is 2.90. The van der Waals surface area contributed by atoms with Crippen molar-refractivity contribution in [2.24, 2.45) is 10.5 Å². The zero-order chi connectivity index (χ0) is 16.0. The van der Waals surface area contributed by atoms with Crippen molar-refractivity contribution in [3.8, 4) is 0 Å². The van der Waals surface area contributed by atoms with E-state index >= 15 is 0 Å². The molecule has 0 amide bonds. The van der Waals surface area contributed by atoms with Crippen LogP contribution in [0.1, 0.15) is 39.5 Å². The highest BCUT2D eigenvalue weighted by Crippen LogP contribution is 2.31. The lowest BCUT2D eigenvalue weighted by atomic mass is 9.86. The average Bonchev–Trinajstić information content (AvgIpc) is 2.26. The van der Waals surface area contributed by atoms with Gasteiger partial charge in [-0.2, -0.15) is 13.2 Å². The third-order valence-corrected chi connectivity index (χ3v) is 3.77. The molecule has 0 heterocycles. The van der Waals surface area contributed by atoms with E-state index in [0.29, 0.717) is 0 Å². The summed E-state index contributed by atoms with van der Waals surface area (Å²) >= 11 is 5.95. The third-order valence-electron chi connectivity index (χ3n) is 3.01. The molecule has 9 heteroatoms. The highest BCUT2D eigenvalue weighted by molar-refractivity contribution is 6.22. The van der Waals surface area contributed by atoms with Crippen LogP contribution in [-0.4, -0.2) is 28.7 Å². The molecule has 0 fully saturated rings. The van der Waals surface area contributed by atoms with E-state index < -0.39 is 35.4 Å². The molecule has 0 saturated carbocycles. The number of hydrogen-bond donors (Lipinski definition) is 1. The Kier molecular flexibility index (Phi) is 7.16. The van der Waals surface area contributed by atoms with Gasteiger partial charge in [-0.25, -0.2) is 0 Å². The van der Waals surface area contributed by atoms with Crippen molar-refractivity contribution in [2.75, 3.05) is 0 Å². The Labute approximate surface area is 119 Å². The molecule has 1 N–H and O–H groups in total. The minimum Gasteiger partial charge on any atom is -0.481 e. The van der Waals surface area contributed by atoms with Gasteiger partial charge in [-0.3, -0.25) is 4.79 Å². The number of carboxylic acid groups (broad SMARTS) is 1. The molecule has 0 bridgehead atoms. The second-order valence-electron chi connectivity index (χ2n) is 5.10. The number of alkyl halides is 4. The molecule has 0 saturated heterocycles. The van der Waals surface area contributed by atoms with E-state index in [1.807, 2.05) is 0 Å². The van der Waals surface area contributed by atoms with Crippen LogP contribution in [0.4, 0.5) is 13.2 Å². The summed E-state index contributed by atoms with van der Waals surface area (Å²) in [4.78, 5) is 13.3. The standard InChI is InChI=1S/C11H17ClF3N3O2/c1-10(2,9(19)20)8(12)5-3-4-7(17-18-16)6-11(13,14)15/h7-8H,3-6H2,1-2H3,(H,19,20). The first-order chi connectivity index (χ1) is 9.00. The molecule has 0 aliphatic heterocycles. The number of hydrogen-bond acceptors (Lipinski definition) is 2. The maximum Gasteiger partial charge on any atom is 0.389 e. The summed E-state index contributed by atoms with van der Waals surface area (Å²) in [7, 11) is 0. The molecule has 0 aromatic rings. The van der Waals surface area contributed by atoms with Gasteiger partial charge in [-0.15, -0.1) is 11.6 Å². The Morgan fingerprint density at radius 1 is 1.40 bits per heavy atom. The van der Waals surface area contributed by atoms with Gasteiger partial charge in [0, 0.05) is 16.3 Å². The minimum absolute atomic E-state index is 0.0164. The number of nitrogens with zero attached hydrogens (tertiary/aromatic N) is 3. The van der Waals surface area contributed by atoms with Crippen LogP contribution in [0.5, 0.6) is 0 Å². The Morgan fingerprint density at radius 3 is 2.35 bits per heavy atom. The van der Waals surface area contributed by atoms with E-state index in [0.717, 1.165) is 0 Å². The van der Waals surface area contributed by atoms with Gasteiger partial charge in [0.2, 0.25) is 0 Å². The van der Waals surface area contributed by atoms with Crippen LogP contribution in [0.25, 0.3) is 10.4 Å². The molecule has 116 valence electrons. The van der Waals surface area contributed by atoms with Crippen LogP contribution in [0.3, 0.4) is 0 Å². The van der Waals surface area contributed by atoms with Gasteiger partial charge in [-0.05, 0) is 32.2 Å². The van der Waals surface area contributed by atoms with E-state index in [-0.39, 0.29) is 19.3 Å². The molecule has 0 rings (SSSR count). The van der Waals surface area contributed by atoms with Gasteiger partial charge in [-0.1, -0.05) is 11.5 Å².